The van der Waals surface area contributed by atoms with Crippen molar-refractivity contribution < 1.29 is 4.79 Å². The van der Waals surface area contributed by atoms with Gasteiger partial charge in [0, 0.05) is 12.2 Å². The molecule has 0 radical (unpaired) electrons. The first-order valence-corrected chi connectivity index (χ1v) is 9.00. The summed E-state index contributed by atoms with van der Waals surface area (Å²) < 4.78 is 0. The van der Waals surface area contributed by atoms with E-state index in [1.807, 2.05) is 23.1 Å². The van der Waals surface area contributed by atoms with Crippen molar-refractivity contribution in [3.63, 3.8) is 0 Å². The third-order valence-electron chi connectivity index (χ3n) is 4.86. The topological polar surface area (TPSA) is 73.9 Å². The monoisotopic (exact) mass is 349 g/mol. The normalized spacial score (nSPS) is 13.8. The van der Waals surface area contributed by atoms with E-state index in [0.717, 1.165) is 35.4 Å². The molecule has 1 aliphatic rings. The summed E-state index contributed by atoms with van der Waals surface area (Å²) in [6.07, 6.45) is 3.88. The van der Waals surface area contributed by atoms with Gasteiger partial charge in [0.1, 0.15) is 5.82 Å². The van der Waals surface area contributed by atoms with Crippen LogP contribution in [0.15, 0.2) is 36.5 Å². The maximum absolute atomic E-state index is 12.7. The number of aromatic nitrogens is 3. The smallest absolute Gasteiger partial charge is 0.318 e. The van der Waals surface area contributed by atoms with Crippen molar-refractivity contribution in [3.05, 3.63) is 59.2 Å². The molecule has 1 aromatic carbocycles. The van der Waals surface area contributed by atoms with Crippen LogP contribution in [-0.4, -0.2) is 31.9 Å². The molecule has 26 heavy (non-hydrogen) atoms. The van der Waals surface area contributed by atoms with Gasteiger partial charge in [-0.1, -0.05) is 6.07 Å². The Morgan fingerprint density at radius 2 is 2.08 bits per heavy atom. The zero-order valence-electron chi connectivity index (χ0n) is 15.1. The number of carbonyl (C=O) groups excluding carboxylic acids is 1. The number of hydrogen-bond donors (Lipinski definition) is 2. The van der Waals surface area contributed by atoms with E-state index in [0.29, 0.717) is 19.1 Å². The molecule has 3 aromatic rings. The first-order chi connectivity index (χ1) is 12.6. The van der Waals surface area contributed by atoms with Gasteiger partial charge in [-0.15, -0.1) is 0 Å². The van der Waals surface area contributed by atoms with E-state index in [4.69, 9.17) is 0 Å². The number of pyridine rings is 1. The standard InChI is InChI=1S/C20H23N5O/c1-13-9-17-18(10-14(13)2)24-19(23-17)11-22-20(26)25(16-6-7-16)12-15-5-3-4-8-21-15/h3-5,8-10,16H,6-7,11-12H2,1-2H3,(H,22,26)(H,23,24). The predicted octanol–water partition coefficient (Wildman–Crippen LogP) is 3.45. The van der Waals surface area contributed by atoms with Gasteiger partial charge in [-0.05, 0) is 62.1 Å². The molecular weight excluding hydrogens is 326 g/mol. The molecule has 0 atom stereocenters. The number of carbonyl (C=O) groups is 1. The molecule has 2 aromatic heterocycles. The van der Waals surface area contributed by atoms with Gasteiger partial charge in [-0.2, -0.15) is 0 Å². The van der Waals surface area contributed by atoms with Crippen LogP contribution in [-0.2, 0) is 13.1 Å². The number of hydrogen-bond acceptors (Lipinski definition) is 3. The minimum absolute atomic E-state index is 0.0639. The molecule has 0 bridgehead atoms. The number of urea groups is 1. The van der Waals surface area contributed by atoms with Gasteiger partial charge < -0.3 is 15.2 Å². The average molecular weight is 349 g/mol. The van der Waals surface area contributed by atoms with E-state index in [2.05, 4.69) is 46.2 Å². The lowest BCUT2D eigenvalue weighted by molar-refractivity contribution is 0.190. The van der Waals surface area contributed by atoms with Crippen molar-refractivity contribution >= 4 is 17.1 Å². The number of benzene rings is 1. The van der Waals surface area contributed by atoms with E-state index in [-0.39, 0.29) is 6.03 Å². The van der Waals surface area contributed by atoms with Gasteiger partial charge >= 0.3 is 6.03 Å². The van der Waals surface area contributed by atoms with E-state index < -0.39 is 0 Å². The molecule has 4 rings (SSSR count). The van der Waals surface area contributed by atoms with Gasteiger partial charge in [0.15, 0.2) is 0 Å². The fraction of sp³-hybridized carbons (Fsp3) is 0.350. The Morgan fingerprint density at radius 3 is 2.81 bits per heavy atom. The Morgan fingerprint density at radius 1 is 1.27 bits per heavy atom. The molecule has 2 amide bonds. The molecule has 2 heterocycles. The lowest BCUT2D eigenvalue weighted by atomic mass is 10.1. The molecule has 134 valence electrons. The number of rotatable bonds is 5. The summed E-state index contributed by atoms with van der Waals surface area (Å²) in [5.41, 5.74) is 5.29. The lowest BCUT2D eigenvalue weighted by Crippen LogP contribution is -2.40. The number of imidazole rings is 1. The second kappa shape index (κ2) is 6.78. The van der Waals surface area contributed by atoms with Crippen LogP contribution in [0.1, 0.15) is 35.5 Å². The largest absolute Gasteiger partial charge is 0.340 e. The summed E-state index contributed by atoms with van der Waals surface area (Å²) in [5.74, 6) is 0.770. The van der Waals surface area contributed by atoms with Gasteiger partial charge in [0.05, 0.1) is 29.8 Å². The third-order valence-corrected chi connectivity index (χ3v) is 4.86. The van der Waals surface area contributed by atoms with Crippen molar-refractivity contribution in [3.8, 4) is 0 Å². The highest BCUT2D eigenvalue weighted by molar-refractivity contribution is 5.78. The van der Waals surface area contributed by atoms with Crippen molar-refractivity contribution in [2.24, 2.45) is 0 Å². The molecule has 0 aliphatic heterocycles. The molecule has 1 fully saturated rings. The number of fused-ring (bicyclic) bond motifs is 1. The zero-order valence-corrected chi connectivity index (χ0v) is 15.1. The Labute approximate surface area is 152 Å². The maximum Gasteiger partial charge on any atom is 0.318 e. The molecule has 6 nitrogen and oxygen atoms in total. The molecule has 1 aliphatic carbocycles. The molecule has 6 heteroatoms. The molecular formula is C20H23N5O. The summed E-state index contributed by atoms with van der Waals surface area (Å²) >= 11 is 0. The van der Waals surface area contributed by atoms with Crippen LogP contribution in [0, 0.1) is 13.8 Å². The van der Waals surface area contributed by atoms with Crippen LogP contribution in [0.25, 0.3) is 11.0 Å². The van der Waals surface area contributed by atoms with Crippen molar-refractivity contribution in [2.45, 2.75) is 45.8 Å². The van der Waals surface area contributed by atoms with Gasteiger partial charge in [-0.3, -0.25) is 4.98 Å². The molecule has 2 N–H and O–H groups in total. The highest BCUT2D eigenvalue weighted by Gasteiger charge is 2.32. The fourth-order valence-corrected chi connectivity index (χ4v) is 3.09. The average Bonchev–Trinajstić information content (AvgIpc) is 3.40. The third kappa shape index (κ3) is 3.54. The summed E-state index contributed by atoms with van der Waals surface area (Å²) in [6, 6.07) is 10.2. The van der Waals surface area contributed by atoms with Gasteiger partial charge in [0.25, 0.3) is 0 Å². The number of aryl methyl sites for hydroxylation is 2. The van der Waals surface area contributed by atoms with Crippen LogP contribution < -0.4 is 5.32 Å². The SMILES string of the molecule is Cc1cc2nc(CNC(=O)N(Cc3ccccn3)C3CC3)[nH]c2cc1C. The van der Waals surface area contributed by atoms with Crippen LogP contribution in [0.2, 0.25) is 0 Å². The van der Waals surface area contributed by atoms with E-state index in [1.165, 1.54) is 11.1 Å². The first-order valence-electron chi connectivity index (χ1n) is 9.00. The highest BCUT2D eigenvalue weighted by Crippen LogP contribution is 2.28. The van der Waals surface area contributed by atoms with E-state index in [1.54, 1.807) is 6.20 Å². The predicted molar refractivity (Wildman–Crippen MR) is 101 cm³/mol. The number of nitrogens with zero attached hydrogens (tertiary/aromatic N) is 3. The van der Waals surface area contributed by atoms with Crippen molar-refractivity contribution in [1.29, 1.82) is 0 Å². The van der Waals surface area contributed by atoms with E-state index >= 15 is 0 Å². The zero-order chi connectivity index (χ0) is 18.1. The van der Waals surface area contributed by atoms with Crippen molar-refractivity contribution in [2.75, 3.05) is 0 Å². The first kappa shape index (κ1) is 16.6. The minimum atomic E-state index is -0.0639. The van der Waals surface area contributed by atoms with Crippen LogP contribution in [0.3, 0.4) is 0 Å². The summed E-state index contributed by atoms with van der Waals surface area (Å²) in [5, 5.41) is 3.00. The fourth-order valence-electron chi connectivity index (χ4n) is 3.09. The van der Waals surface area contributed by atoms with Crippen LogP contribution in [0.4, 0.5) is 4.79 Å². The Balaban J connectivity index is 1.43. The molecule has 1 saturated carbocycles. The number of H-pyrrole nitrogens is 1. The Bertz CT molecular complexity index is 891. The Kier molecular flexibility index (Phi) is 4.32. The minimum Gasteiger partial charge on any atom is -0.340 e. The molecule has 0 saturated heterocycles. The van der Waals surface area contributed by atoms with Gasteiger partial charge in [-0.25, -0.2) is 9.78 Å². The van der Waals surface area contributed by atoms with E-state index in [9.17, 15) is 4.79 Å². The summed E-state index contributed by atoms with van der Waals surface area (Å²) in [7, 11) is 0. The second-order valence-corrected chi connectivity index (χ2v) is 6.98. The van der Waals surface area contributed by atoms with Crippen LogP contribution in [0.5, 0.6) is 0 Å². The number of nitrogens with one attached hydrogen (secondary N) is 2. The van der Waals surface area contributed by atoms with Gasteiger partial charge in [0.2, 0.25) is 0 Å². The Hall–Kier alpha value is -2.89. The van der Waals surface area contributed by atoms with Crippen molar-refractivity contribution in [1.82, 2.24) is 25.2 Å². The quantitative estimate of drug-likeness (QED) is 0.741. The second-order valence-electron chi connectivity index (χ2n) is 6.98. The van der Waals surface area contributed by atoms with Crippen LogP contribution >= 0.6 is 0 Å². The summed E-state index contributed by atoms with van der Waals surface area (Å²) in [6.45, 7) is 5.09. The highest BCUT2D eigenvalue weighted by atomic mass is 16.2. The molecule has 0 unspecified atom stereocenters. The number of aromatic amines is 1. The number of amides is 2. The lowest BCUT2D eigenvalue weighted by Gasteiger charge is -2.22. The maximum atomic E-state index is 12.7. The summed E-state index contributed by atoms with van der Waals surface area (Å²) in [4.78, 5) is 26.8. The molecule has 0 spiro atoms.